The summed E-state index contributed by atoms with van der Waals surface area (Å²) in [5.74, 6) is 0. The zero-order valence-corrected chi connectivity index (χ0v) is 11.8. The number of nitrogens with zero attached hydrogens (tertiary/aromatic N) is 1. The van der Waals surface area contributed by atoms with Crippen LogP contribution in [0.25, 0.3) is 0 Å². The van der Waals surface area contributed by atoms with Crippen molar-refractivity contribution in [2.24, 2.45) is 5.16 Å². The van der Waals surface area contributed by atoms with E-state index in [4.69, 9.17) is 0 Å². The molecule has 13 heavy (non-hydrogen) atoms. The molecular formula is C10H18NOY-. The first kappa shape index (κ1) is 18.7. The van der Waals surface area contributed by atoms with Gasteiger partial charge in [-0.05, 0) is 0 Å². The van der Waals surface area contributed by atoms with Crippen molar-refractivity contribution in [1.82, 2.24) is 0 Å². The van der Waals surface area contributed by atoms with Gasteiger partial charge in [-0.3, -0.25) is 0 Å². The van der Waals surface area contributed by atoms with Gasteiger partial charge >= 0.3 is 0 Å². The second-order valence-electron chi connectivity index (χ2n) is 1.81. The molecule has 0 saturated heterocycles. The Morgan fingerprint density at radius 2 is 1.92 bits per heavy atom. The summed E-state index contributed by atoms with van der Waals surface area (Å²) in [4.78, 5) is 4.52. The van der Waals surface area contributed by atoms with Crippen molar-refractivity contribution in [2.45, 2.75) is 20.8 Å². The summed E-state index contributed by atoms with van der Waals surface area (Å²) in [6, 6.07) is 0. The molecule has 0 saturated carbocycles. The average Bonchev–Trinajstić information content (AvgIpc) is 2.09. The molecule has 0 heterocycles. The average molecular weight is 257 g/mol. The number of hydrogen-bond acceptors (Lipinski definition) is 2. The van der Waals surface area contributed by atoms with Crippen LogP contribution in [0.15, 0.2) is 29.5 Å². The third-order valence-electron chi connectivity index (χ3n) is 1.02. The Labute approximate surface area is 107 Å². The molecule has 0 fully saturated rings. The van der Waals surface area contributed by atoms with E-state index >= 15 is 0 Å². The van der Waals surface area contributed by atoms with Crippen LogP contribution in [0.4, 0.5) is 0 Å². The number of rotatable bonds is 3. The predicted molar refractivity (Wildman–Crippen MR) is 55.1 cm³/mol. The normalized spacial score (nSPS) is 10.5. The zero-order valence-electron chi connectivity index (χ0n) is 9.00. The molecule has 0 aliphatic carbocycles. The first-order valence-electron chi connectivity index (χ1n) is 3.95. The minimum absolute atomic E-state index is 0. The van der Waals surface area contributed by atoms with Gasteiger partial charge in [-0.25, -0.2) is 6.92 Å². The third-order valence-corrected chi connectivity index (χ3v) is 1.02. The van der Waals surface area contributed by atoms with Gasteiger partial charge in [0, 0.05) is 32.7 Å². The standard InChI is InChI=1S/C8H12NO.C2H6.Y/c1-5-6-7(2)8(3)9-10-4;1-2;/h5-6H,1,3H2,2,4H3;1-2H3;/q-1;;/b7-6+,9-8+;;. The molecule has 0 unspecified atom stereocenters. The van der Waals surface area contributed by atoms with Crippen molar-refractivity contribution >= 4 is 5.71 Å². The minimum atomic E-state index is 0. The SMILES string of the molecule is C=C/C=C(C)/C([CH2-])=N/OC.CC.[Y]. The molecule has 0 spiro atoms. The van der Waals surface area contributed by atoms with Crippen LogP contribution in [-0.4, -0.2) is 12.8 Å². The molecule has 0 N–H and O–H groups in total. The molecule has 1 radical (unpaired) electrons. The van der Waals surface area contributed by atoms with Gasteiger partial charge in [0.2, 0.25) is 0 Å². The monoisotopic (exact) mass is 257 g/mol. The Kier molecular flexibility index (Phi) is 20.7. The predicted octanol–water partition coefficient (Wildman–Crippen LogP) is 2.98. The molecule has 2 nitrogen and oxygen atoms in total. The van der Waals surface area contributed by atoms with Gasteiger partial charge in [0.1, 0.15) is 7.11 Å². The number of allylic oxidation sites excluding steroid dienone is 3. The maximum absolute atomic E-state index is 4.52. The fourth-order valence-electron chi connectivity index (χ4n) is 0.455. The molecule has 0 aromatic heterocycles. The van der Waals surface area contributed by atoms with E-state index in [0.29, 0.717) is 5.71 Å². The summed E-state index contributed by atoms with van der Waals surface area (Å²) in [5.41, 5.74) is 1.58. The van der Waals surface area contributed by atoms with Gasteiger partial charge in [-0.15, -0.1) is 24.7 Å². The van der Waals surface area contributed by atoms with Crippen LogP contribution in [0, 0.1) is 6.92 Å². The van der Waals surface area contributed by atoms with Gasteiger partial charge < -0.3 is 4.84 Å². The zero-order chi connectivity index (χ0) is 9.98. The molecule has 3 heteroatoms. The van der Waals surface area contributed by atoms with Crippen molar-refractivity contribution in [1.29, 1.82) is 0 Å². The molecule has 0 aliphatic heterocycles. The number of hydrogen-bond donors (Lipinski definition) is 0. The maximum atomic E-state index is 4.52. The second kappa shape index (κ2) is 14.4. The summed E-state index contributed by atoms with van der Waals surface area (Å²) in [6.45, 7) is 13.1. The van der Waals surface area contributed by atoms with Crippen molar-refractivity contribution < 1.29 is 37.5 Å². The van der Waals surface area contributed by atoms with E-state index in [2.05, 4.69) is 23.5 Å². The summed E-state index contributed by atoms with van der Waals surface area (Å²) in [5, 5.41) is 3.63. The summed E-state index contributed by atoms with van der Waals surface area (Å²) in [7, 11) is 1.49. The Morgan fingerprint density at radius 3 is 2.23 bits per heavy atom. The van der Waals surface area contributed by atoms with Crippen molar-refractivity contribution in [2.75, 3.05) is 7.11 Å². The Balaban J connectivity index is -0.000000309. The molecule has 0 amide bonds. The minimum Gasteiger partial charge on any atom is -0.401 e. The largest absolute Gasteiger partial charge is 0.401 e. The van der Waals surface area contributed by atoms with E-state index in [0.717, 1.165) is 5.57 Å². The summed E-state index contributed by atoms with van der Waals surface area (Å²) in [6.07, 6.45) is 3.51. The molecule has 0 bridgehead atoms. The first-order chi connectivity index (χ1) is 5.72. The summed E-state index contributed by atoms with van der Waals surface area (Å²) < 4.78 is 0. The molecule has 0 aliphatic rings. The van der Waals surface area contributed by atoms with E-state index in [1.165, 1.54) is 7.11 Å². The Hall–Kier alpha value is -0.0761. The molecular weight excluding hydrogens is 239 g/mol. The fraction of sp³-hybridized carbons (Fsp3) is 0.400. The molecule has 0 aromatic carbocycles. The van der Waals surface area contributed by atoms with Crippen LogP contribution in [0.1, 0.15) is 20.8 Å². The summed E-state index contributed by atoms with van der Waals surface area (Å²) >= 11 is 0. The van der Waals surface area contributed by atoms with E-state index in [9.17, 15) is 0 Å². The second-order valence-corrected chi connectivity index (χ2v) is 1.81. The van der Waals surface area contributed by atoms with Gasteiger partial charge in [-0.2, -0.15) is 5.57 Å². The van der Waals surface area contributed by atoms with Crippen LogP contribution < -0.4 is 0 Å². The van der Waals surface area contributed by atoms with Crippen LogP contribution >= 0.6 is 0 Å². The third kappa shape index (κ3) is 11.9. The van der Waals surface area contributed by atoms with Crippen LogP contribution in [0.3, 0.4) is 0 Å². The fourth-order valence-corrected chi connectivity index (χ4v) is 0.455. The van der Waals surface area contributed by atoms with Crippen LogP contribution in [0.5, 0.6) is 0 Å². The first-order valence-corrected chi connectivity index (χ1v) is 3.95. The Morgan fingerprint density at radius 1 is 1.46 bits per heavy atom. The van der Waals surface area contributed by atoms with Gasteiger partial charge in [0.25, 0.3) is 0 Å². The smallest absolute Gasteiger partial charge is 0.106 e. The van der Waals surface area contributed by atoms with Gasteiger partial charge in [-0.1, -0.05) is 25.6 Å². The van der Waals surface area contributed by atoms with E-state index in [1.807, 2.05) is 26.8 Å². The molecule has 0 atom stereocenters. The van der Waals surface area contributed by atoms with Crippen molar-refractivity contribution in [3.8, 4) is 0 Å². The number of oxime groups is 1. The quantitative estimate of drug-likeness (QED) is 0.329. The van der Waals surface area contributed by atoms with E-state index < -0.39 is 0 Å². The Bertz CT molecular complexity index is 174. The molecule has 0 aromatic rings. The van der Waals surface area contributed by atoms with Crippen molar-refractivity contribution in [3.05, 3.63) is 31.2 Å². The van der Waals surface area contributed by atoms with E-state index in [-0.39, 0.29) is 32.7 Å². The van der Waals surface area contributed by atoms with Gasteiger partial charge in [0.15, 0.2) is 0 Å². The van der Waals surface area contributed by atoms with Gasteiger partial charge in [0.05, 0.1) is 0 Å². The maximum Gasteiger partial charge on any atom is 0.106 e. The van der Waals surface area contributed by atoms with Crippen LogP contribution in [-0.2, 0) is 37.5 Å². The molecule has 0 rings (SSSR count). The molecule has 73 valence electrons. The van der Waals surface area contributed by atoms with Crippen molar-refractivity contribution in [3.63, 3.8) is 0 Å². The topological polar surface area (TPSA) is 21.6 Å². The van der Waals surface area contributed by atoms with Crippen LogP contribution in [0.2, 0.25) is 0 Å². The van der Waals surface area contributed by atoms with E-state index in [1.54, 1.807) is 6.08 Å².